The van der Waals surface area contributed by atoms with Crippen LogP contribution < -0.4 is 5.32 Å². The summed E-state index contributed by atoms with van der Waals surface area (Å²) in [5, 5.41) is 3.63. The Balaban J connectivity index is 1.87. The number of hydrogen-bond donors (Lipinski definition) is 1. The van der Waals surface area contributed by atoms with Crippen LogP contribution in [-0.2, 0) is 0 Å². The Bertz CT molecular complexity index is 446. The maximum absolute atomic E-state index is 3.63. The molecule has 0 unspecified atom stereocenters. The molecule has 19 heavy (non-hydrogen) atoms. The zero-order valence-corrected chi connectivity index (χ0v) is 11.3. The number of hydrogen-bond acceptors (Lipinski definition) is 1. The Hall–Kier alpha value is -1.60. The van der Waals surface area contributed by atoms with E-state index >= 15 is 0 Å². The molecule has 0 spiro atoms. The van der Waals surface area contributed by atoms with Crippen LogP contribution in [0.15, 0.2) is 60.7 Å². The fourth-order valence-electron chi connectivity index (χ4n) is 3.08. The van der Waals surface area contributed by atoms with Gasteiger partial charge in [-0.25, -0.2) is 0 Å². The predicted molar refractivity (Wildman–Crippen MR) is 80.4 cm³/mol. The Morgan fingerprint density at radius 3 is 1.95 bits per heavy atom. The van der Waals surface area contributed by atoms with E-state index in [1.165, 1.54) is 36.9 Å². The summed E-state index contributed by atoms with van der Waals surface area (Å²) in [6.07, 6.45) is 3.84. The quantitative estimate of drug-likeness (QED) is 0.867. The minimum atomic E-state index is 0.512. The second-order valence-electron chi connectivity index (χ2n) is 5.40. The molecule has 1 heteroatoms. The van der Waals surface area contributed by atoms with E-state index in [2.05, 4.69) is 66.0 Å². The van der Waals surface area contributed by atoms with Crippen molar-refractivity contribution in [2.45, 2.75) is 31.2 Å². The van der Waals surface area contributed by atoms with Crippen LogP contribution in [0.25, 0.3) is 0 Å². The molecule has 1 N–H and O–H groups in total. The minimum absolute atomic E-state index is 0.512. The molecule has 0 radical (unpaired) electrons. The third-order valence-corrected chi connectivity index (χ3v) is 4.09. The summed E-state index contributed by atoms with van der Waals surface area (Å²) in [6, 6.07) is 22.5. The van der Waals surface area contributed by atoms with Gasteiger partial charge in [-0.2, -0.15) is 0 Å². The molecule has 1 nitrogen and oxygen atoms in total. The fourth-order valence-corrected chi connectivity index (χ4v) is 3.08. The van der Waals surface area contributed by atoms with Crippen LogP contribution in [-0.4, -0.2) is 12.6 Å². The van der Waals surface area contributed by atoms with Crippen LogP contribution in [0.2, 0.25) is 0 Å². The normalized spacial score (nSPS) is 18.9. The van der Waals surface area contributed by atoms with Crippen molar-refractivity contribution in [1.29, 1.82) is 0 Å². The van der Waals surface area contributed by atoms with Crippen molar-refractivity contribution in [3.63, 3.8) is 0 Å². The van der Waals surface area contributed by atoms with Gasteiger partial charge >= 0.3 is 0 Å². The molecule has 3 rings (SSSR count). The average molecular weight is 251 g/mol. The van der Waals surface area contributed by atoms with Crippen molar-refractivity contribution in [1.82, 2.24) is 5.32 Å². The number of rotatable bonds is 4. The highest BCUT2D eigenvalue weighted by molar-refractivity contribution is 5.32. The predicted octanol–water partition coefficient (Wildman–Crippen LogP) is 3.96. The van der Waals surface area contributed by atoms with Crippen LogP contribution in [0.5, 0.6) is 0 Å². The molecule has 0 saturated carbocycles. The zero-order chi connectivity index (χ0) is 12.9. The SMILES string of the molecule is c1ccc(C(C[C@H]2CCCN2)c2ccccc2)cc1. The summed E-state index contributed by atoms with van der Waals surface area (Å²) in [5.74, 6) is 0.512. The van der Waals surface area contributed by atoms with Gasteiger partial charge in [-0.15, -0.1) is 0 Å². The first kappa shape index (κ1) is 12.4. The van der Waals surface area contributed by atoms with E-state index < -0.39 is 0 Å². The summed E-state index contributed by atoms with van der Waals surface area (Å²) >= 11 is 0. The monoisotopic (exact) mass is 251 g/mol. The van der Waals surface area contributed by atoms with E-state index in [0.717, 1.165) is 0 Å². The first-order valence-corrected chi connectivity index (χ1v) is 7.27. The van der Waals surface area contributed by atoms with Crippen molar-refractivity contribution in [3.05, 3.63) is 71.8 Å². The van der Waals surface area contributed by atoms with E-state index in [1.807, 2.05) is 0 Å². The summed E-state index contributed by atoms with van der Waals surface area (Å²) in [6.45, 7) is 1.18. The Kier molecular flexibility index (Phi) is 3.95. The molecule has 1 aliphatic rings. The van der Waals surface area contributed by atoms with E-state index in [4.69, 9.17) is 0 Å². The lowest BCUT2D eigenvalue weighted by atomic mass is 9.85. The molecule has 2 aromatic rings. The third kappa shape index (κ3) is 3.05. The highest BCUT2D eigenvalue weighted by Gasteiger charge is 2.21. The van der Waals surface area contributed by atoms with Gasteiger partial charge in [0.1, 0.15) is 0 Å². The van der Waals surface area contributed by atoms with Gasteiger partial charge in [0.25, 0.3) is 0 Å². The van der Waals surface area contributed by atoms with E-state index in [0.29, 0.717) is 12.0 Å². The maximum Gasteiger partial charge on any atom is 0.0104 e. The van der Waals surface area contributed by atoms with Gasteiger partial charge in [0.05, 0.1) is 0 Å². The molecule has 1 atom stereocenters. The fraction of sp³-hybridized carbons (Fsp3) is 0.333. The van der Waals surface area contributed by atoms with Crippen molar-refractivity contribution >= 4 is 0 Å². The summed E-state index contributed by atoms with van der Waals surface area (Å²) < 4.78 is 0. The summed E-state index contributed by atoms with van der Waals surface area (Å²) in [4.78, 5) is 0. The largest absolute Gasteiger partial charge is 0.314 e. The van der Waals surface area contributed by atoms with Crippen molar-refractivity contribution < 1.29 is 0 Å². The van der Waals surface area contributed by atoms with Gasteiger partial charge in [-0.1, -0.05) is 60.7 Å². The van der Waals surface area contributed by atoms with E-state index in [9.17, 15) is 0 Å². The molecule has 2 aromatic carbocycles. The molecule has 1 saturated heterocycles. The highest BCUT2D eigenvalue weighted by Crippen LogP contribution is 2.30. The zero-order valence-electron chi connectivity index (χ0n) is 11.3. The van der Waals surface area contributed by atoms with E-state index in [-0.39, 0.29) is 0 Å². The molecular formula is C18H21N. The van der Waals surface area contributed by atoms with Crippen molar-refractivity contribution in [3.8, 4) is 0 Å². The van der Waals surface area contributed by atoms with Gasteiger partial charge in [0.15, 0.2) is 0 Å². The van der Waals surface area contributed by atoms with Gasteiger partial charge in [-0.05, 0) is 36.9 Å². The summed E-state index contributed by atoms with van der Waals surface area (Å²) in [5.41, 5.74) is 2.87. The summed E-state index contributed by atoms with van der Waals surface area (Å²) in [7, 11) is 0. The minimum Gasteiger partial charge on any atom is -0.314 e. The molecule has 1 heterocycles. The van der Waals surface area contributed by atoms with Crippen LogP contribution in [0.4, 0.5) is 0 Å². The van der Waals surface area contributed by atoms with Crippen molar-refractivity contribution in [2.75, 3.05) is 6.54 Å². The van der Waals surface area contributed by atoms with Gasteiger partial charge in [0.2, 0.25) is 0 Å². The molecule has 98 valence electrons. The first-order chi connectivity index (χ1) is 9.43. The molecule has 0 amide bonds. The lowest BCUT2D eigenvalue weighted by Gasteiger charge is -2.22. The number of benzene rings is 2. The third-order valence-electron chi connectivity index (χ3n) is 4.09. The maximum atomic E-state index is 3.63. The smallest absolute Gasteiger partial charge is 0.0104 e. The lowest BCUT2D eigenvalue weighted by Crippen LogP contribution is -2.24. The standard InChI is InChI=1S/C18H21N/c1-3-8-15(9-4-1)18(14-17-12-7-13-19-17)16-10-5-2-6-11-16/h1-6,8-11,17-19H,7,12-14H2/t17-/m1/s1. The Morgan fingerprint density at radius 1 is 0.895 bits per heavy atom. The van der Waals surface area contributed by atoms with Crippen LogP contribution in [0, 0.1) is 0 Å². The van der Waals surface area contributed by atoms with Gasteiger partial charge < -0.3 is 5.32 Å². The second kappa shape index (κ2) is 6.03. The second-order valence-corrected chi connectivity index (χ2v) is 5.40. The molecule has 1 fully saturated rings. The first-order valence-electron chi connectivity index (χ1n) is 7.27. The molecule has 0 aromatic heterocycles. The Labute approximate surface area is 115 Å². The van der Waals surface area contributed by atoms with Gasteiger partial charge in [-0.3, -0.25) is 0 Å². The van der Waals surface area contributed by atoms with E-state index in [1.54, 1.807) is 0 Å². The molecule has 0 bridgehead atoms. The lowest BCUT2D eigenvalue weighted by molar-refractivity contribution is 0.525. The molecule has 0 aliphatic carbocycles. The molecular weight excluding hydrogens is 230 g/mol. The molecule has 1 aliphatic heterocycles. The highest BCUT2D eigenvalue weighted by atomic mass is 14.9. The van der Waals surface area contributed by atoms with Crippen LogP contribution >= 0.6 is 0 Å². The topological polar surface area (TPSA) is 12.0 Å². The van der Waals surface area contributed by atoms with Crippen molar-refractivity contribution in [2.24, 2.45) is 0 Å². The van der Waals surface area contributed by atoms with Crippen LogP contribution in [0.3, 0.4) is 0 Å². The average Bonchev–Trinajstić information content (AvgIpc) is 3.00. The van der Waals surface area contributed by atoms with Gasteiger partial charge in [0, 0.05) is 12.0 Å². The van der Waals surface area contributed by atoms with Crippen LogP contribution in [0.1, 0.15) is 36.3 Å². The number of nitrogens with one attached hydrogen (secondary N) is 1. The Morgan fingerprint density at radius 2 is 1.47 bits per heavy atom.